The SMILES string of the molecule is Cc1cc(C#Cc2cccc(F)c2)cnc1N1CC(C)(C)NC1=O. The molecule has 0 bridgehead atoms. The van der Waals surface area contributed by atoms with E-state index in [1.165, 1.54) is 12.1 Å². The Morgan fingerprint density at radius 1 is 1.25 bits per heavy atom. The zero-order valence-electron chi connectivity index (χ0n) is 13.9. The molecule has 0 saturated carbocycles. The molecule has 1 fully saturated rings. The minimum atomic E-state index is -0.311. The summed E-state index contributed by atoms with van der Waals surface area (Å²) in [4.78, 5) is 18.1. The van der Waals surface area contributed by atoms with Crippen molar-refractivity contribution in [2.24, 2.45) is 0 Å². The molecule has 24 heavy (non-hydrogen) atoms. The second-order valence-corrected chi connectivity index (χ2v) is 6.53. The third kappa shape index (κ3) is 3.38. The molecule has 1 aromatic heterocycles. The lowest BCUT2D eigenvalue weighted by Gasteiger charge is -2.18. The molecule has 2 amide bonds. The summed E-state index contributed by atoms with van der Waals surface area (Å²) < 4.78 is 13.2. The van der Waals surface area contributed by atoms with Gasteiger partial charge in [0.25, 0.3) is 0 Å². The van der Waals surface area contributed by atoms with E-state index in [2.05, 4.69) is 22.1 Å². The van der Waals surface area contributed by atoms with E-state index in [0.29, 0.717) is 17.9 Å². The molecule has 122 valence electrons. The van der Waals surface area contributed by atoms with Crippen molar-refractivity contribution >= 4 is 11.8 Å². The number of urea groups is 1. The average Bonchev–Trinajstić information content (AvgIpc) is 2.78. The minimum absolute atomic E-state index is 0.144. The third-order valence-electron chi connectivity index (χ3n) is 3.73. The predicted octanol–water partition coefficient (Wildman–Crippen LogP) is 3.24. The molecule has 1 aromatic carbocycles. The number of halogens is 1. The number of carbonyl (C=O) groups excluding carboxylic acids is 1. The lowest BCUT2D eigenvalue weighted by molar-refractivity contribution is 0.248. The van der Waals surface area contributed by atoms with Crippen LogP contribution in [0.2, 0.25) is 0 Å². The number of hydrogen-bond donors (Lipinski definition) is 1. The first kappa shape index (κ1) is 16.0. The molecular formula is C19H18FN3O. The molecule has 2 aromatic rings. The molecule has 0 atom stereocenters. The van der Waals surface area contributed by atoms with Gasteiger partial charge in [-0.2, -0.15) is 0 Å². The van der Waals surface area contributed by atoms with E-state index in [1.807, 2.05) is 26.8 Å². The van der Waals surface area contributed by atoms with Gasteiger partial charge < -0.3 is 5.32 Å². The van der Waals surface area contributed by atoms with Crippen LogP contribution in [0.25, 0.3) is 0 Å². The van der Waals surface area contributed by atoms with Gasteiger partial charge in [-0.1, -0.05) is 17.9 Å². The maximum Gasteiger partial charge on any atom is 0.323 e. The van der Waals surface area contributed by atoms with Crippen LogP contribution >= 0.6 is 0 Å². The van der Waals surface area contributed by atoms with Crippen molar-refractivity contribution < 1.29 is 9.18 Å². The Morgan fingerprint density at radius 3 is 2.62 bits per heavy atom. The Bertz CT molecular complexity index is 864. The molecule has 4 nitrogen and oxygen atoms in total. The van der Waals surface area contributed by atoms with Crippen LogP contribution in [0, 0.1) is 24.6 Å². The van der Waals surface area contributed by atoms with E-state index >= 15 is 0 Å². The molecule has 0 unspecified atom stereocenters. The first-order chi connectivity index (χ1) is 11.3. The highest BCUT2D eigenvalue weighted by Gasteiger charge is 2.36. The normalized spacial score (nSPS) is 15.7. The van der Waals surface area contributed by atoms with Crippen molar-refractivity contribution in [3.63, 3.8) is 0 Å². The standard InChI is InChI=1S/C19H18FN3O/c1-13-9-15(8-7-14-5-4-6-16(20)10-14)11-21-17(13)23-12-19(2,3)22-18(23)24/h4-6,9-11H,12H2,1-3H3,(H,22,24). The second kappa shape index (κ2) is 5.97. The fourth-order valence-electron chi connectivity index (χ4n) is 2.66. The summed E-state index contributed by atoms with van der Waals surface area (Å²) in [6.45, 7) is 6.40. The fraction of sp³-hybridized carbons (Fsp3) is 0.263. The number of amides is 2. The molecule has 5 heteroatoms. The van der Waals surface area contributed by atoms with Gasteiger partial charge in [-0.25, -0.2) is 14.2 Å². The number of nitrogens with one attached hydrogen (secondary N) is 1. The van der Waals surface area contributed by atoms with Crippen molar-refractivity contribution in [3.05, 3.63) is 59.0 Å². The summed E-state index contributed by atoms with van der Waals surface area (Å²) >= 11 is 0. The lowest BCUT2D eigenvalue weighted by Crippen LogP contribution is -2.36. The van der Waals surface area contributed by atoms with E-state index in [1.54, 1.807) is 23.2 Å². The number of aryl methyl sites for hydroxylation is 1. The summed E-state index contributed by atoms with van der Waals surface area (Å²) in [6.07, 6.45) is 1.63. The summed E-state index contributed by atoms with van der Waals surface area (Å²) in [5.74, 6) is 6.22. The van der Waals surface area contributed by atoms with Gasteiger partial charge in [0.2, 0.25) is 0 Å². The number of carbonyl (C=O) groups is 1. The van der Waals surface area contributed by atoms with Gasteiger partial charge in [0.05, 0.1) is 12.1 Å². The first-order valence-corrected chi connectivity index (χ1v) is 7.68. The highest BCUT2D eigenvalue weighted by atomic mass is 19.1. The van der Waals surface area contributed by atoms with Gasteiger partial charge in [0.1, 0.15) is 11.6 Å². The van der Waals surface area contributed by atoms with Crippen LogP contribution in [0.4, 0.5) is 15.0 Å². The van der Waals surface area contributed by atoms with Crippen molar-refractivity contribution in [1.29, 1.82) is 0 Å². The molecule has 2 heterocycles. The fourth-order valence-corrected chi connectivity index (χ4v) is 2.66. The van der Waals surface area contributed by atoms with Crippen LogP contribution < -0.4 is 10.2 Å². The van der Waals surface area contributed by atoms with Crippen molar-refractivity contribution in [2.45, 2.75) is 26.3 Å². The highest BCUT2D eigenvalue weighted by molar-refractivity contribution is 5.94. The van der Waals surface area contributed by atoms with E-state index in [4.69, 9.17) is 0 Å². The van der Waals surface area contributed by atoms with Crippen molar-refractivity contribution in [2.75, 3.05) is 11.4 Å². The van der Waals surface area contributed by atoms with Gasteiger partial charge >= 0.3 is 6.03 Å². The summed E-state index contributed by atoms with van der Waals surface area (Å²) in [7, 11) is 0. The van der Waals surface area contributed by atoms with Crippen LogP contribution in [0.5, 0.6) is 0 Å². The number of rotatable bonds is 1. The lowest BCUT2D eigenvalue weighted by atomic mass is 10.1. The van der Waals surface area contributed by atoms with Gasteiger partial charge in [-0.3, -0.25) is 4.90 Å². The number of anilines is 1. The monoisotopic (exact) mass is 323 g/mol. The average molecular weight is 323 g/mol. The maximum absolute atomic E-state index is 13.2. The zero-order chi connectivity index (χ0) is 17.3. The van der Waals surface area contributed by atoms with Crippen LogP contribution in [-0.4, -0.2) is 23.1 Å². The molecule has 3 rings (SSSR count). The van der Waals surface area contributed by atoms with Crippen LogP contribution in [0.3, 0.4) is 0 Å². The number of pyridine rings is 1. The van der Waals surface area contributed by atoms with E-state index in [-0.39, 0.29) is 17.4 Å². The van der Waals surface area contributed by atoms with Gasteiger partial charge in [-0.05, 0) is 50.6 Å². The topological polar surface area (TPSA) is 45.2 Å². The number of nitrogens with zero attached hydrogens (tertiary/aromatic N) is 2. The Labute approximate surface area is 140 Å². The molecule has 0 radical (unpaired) electrons. The van der Waals surface area contributed by atoms with E-state index in [9.17, 15) is 9.18 Å². The first-order valence-electron chi connectivity index (χ1n) is 7.68. The Morgan fingerprint density at radius 2 is 2.00 bits per heavy atom. The zero-order valence-corrected chi connectivity index (χ0v) is 13.9. The van der Waals surface area contributed by atoms with Crippen molar-refractivity contribution in [1.82, 2.24) is 10.3 Å². The maximum atomic E-state index is 13.2. The molecule has 0 aliphatic carbocycles. The van der Waals surface area contributed by atoms with Crippen LogP contribution in [-0.2, 0) is 0 Å². The van der Waals surface area contributed by atoms with Gasteiger partial charge in [0.15, 0.2) is 0 Å². The molecule has 1 aliphatic heterocycles. The minimum Gasteiger partial charge on any atom is -0.331 e. The smallest absolute Gasteiger partial charge is 0.323 e. The quantitative estimate of drug-likeness (QED) is 0.819. The summed E-state index contributed by atoms with van der Waals surface area (Å²) in [5, 5.41) is 2.92. The number of aromatic nitrogens is 1. The molecule has 1 N–H and O–H groups in total. The Kier molecular flexibility index (Phi) is 3.98. The Hall–Kier alpha value is -2.87. The molecule has 1 saturated heterocycles. The largest absolute Gasteiger partial charge is 0.331 e. The number of benzene rings is 1. The summed E-state index contributed by atoms with van der Waals surface area (Å²) in [5.41, 5.74) is 1.92. The third-order valence-corrected chi connectivity index (χ3v) is 3.73. The van der Waals surface area contributed by atoms with Crippen molar-refractivity contribution in [3.8, 4) is 11.8 Å². The van der Waals surface area contributed by atoms with Gasteiger partial charge in [-0.15, -0.1) is 0 Å². The van der Waals surface area contributed by atoms with Gasteiger partial charge in [0, 0.05) is 17.3 Å². The summed E-state index contributed by atoms with van der Waals surface area (Å²) in [6, 6.07) is 7.88. The Balaban J connectivity index is 1.85. The van der Waals surface area contributed by atoms with E-state index in [0.717, 1.165) is 11.1 Å². The van der Waals surface area contributed by atoms with Crippen LogP contribution in [0.15, 0.2) is 36.5 Å². The highest BCUT2D eigenvalue weighted by Crippen LogP contribution is 2.24. The van der Waals surface area contributed by atoms with E-state index < -0.39 is 0 Å². The molecular weight excluding hydrogens is 305 g/mol. The predicted molar refractivity (Wildman–Crippen MR) is 91.3 cm³/mol. The second-order valence-electron chi connectivity index (χ2n) is 6.53. The number of hydrogen-bond acceptors (Lipinski definition) is 2. The van der Waals surface area contributed by atoms with Crippen LogP contribution in [0.1, 0.15) is 30.5 Å². The molecule has 1 aliphatic rings. The molecule has 0 spiro atoms.